The lowest BCUT2D eigenvalue weighted by atomic mass is 9.91. The monoisotopic (exact) mass is 278 g/mol. The van der Waals surface area contributed by atoms with Gasteiger partial charge in [-0.25, -0.2) is 0 Å². The third-order valence-corrected chi connectivity index (χ3v) is 6.28. The third-order valence-electron chi connectivity index (χ3n) is 5.10. The lowest BCUT2D eigenvalue weighted by molar-refractivity contribution is 0.131. The highest BCUT2D eigenvalue weighted by Gasteiger charge is 2.38. The first-order valence-corrected chi connectivity index (χ1v) is 8.47. The molecule has 106 valence electrons. The molecule has 3 rings (SSSR count). The number of fused-ring (bicyclic) bond motifs is 2. The third kappa shape index (κ3) is 2.88. The fourth-order valence-electron chi connectivity index (χ4n) is 3.82. The van der Waals surface area contributed by atoms with E-state index in [1.807, 2.05) is 11.3 Å². The second-order valence-electron chi connectivity index (χ2n) is 6.47. The van der Waals surface area contributed by atoms with Crippen LogP contribution in [0.25, 0.3) is 0 Å². The van der Waals surface area contributed by atoms with Crippen LogP contribution in [0.15, 0.2) is 12.1 Å². The maximum Gasteiger partial charge on any atom is 0.0386 e. The molecule has 2 aliphatic heterocycles. The maximum absolute atomic E-state index is 3.76. The molecule has 1 N–H and O–H groups in total. The van der Waals surface area contributed by atoms with Crippen LogP contribution in [-0.4, -0.2) is 30.6 Å². The summed E-state index contributed by atoms with van der Waals surface area (Å²) in [7, 11) is 2.32. The van der Waals surface area contributed by atoms with Crippen molar-refractivity contribution in [3.05, 3.63) is 21.9 Å². The Morgan fingerprint density at radius 3 is 2.58 bits per heavy atom. The Morgan fingerprint density at radius 2 is 2.00 bits per heavy atom. The lowest BCUT2D eigenvalue weighted by Gasteiger charge is -2.36. The van der Waals surface area contributed by atoms with Crippen LogP contribution in [0.2, 0.25) is 0 Å². The Bertz CT molecular complexity index is 414. The lowest BCUT2D eigenvalue weighted by Crippen LogP contribution is -2.42. The molecule has 1 aromatic rings. The fraction of sp³-hybridized carbons (Fsp3) is 0.750. The summed E-state index contributed by atoms with van der Waals surface area (Å²) in [4.78, 5) is 5.53. The number of hydrogen-bond acceptors (Lipinski definition) is 3. The van der Waals surface area contributed by atoms with Gasteiger partial charge in [-0.05, 0) is 71.2 Å². The number of nitrogens with one attached hydrogen (secondary N) is 1. The van der Waals surface area contributed by atoms with Crippen LogP contribution in [-0.2, 0) is 0 Å². The maximum atomic E-state index is 3.76. The highest BCUT2D eigenvalue weighted by molar-refractivity contribution is 7.12. The summed E-state index contributed by atoms with van der Waals surface area (Å²) in [6, 6.07) is 6.75. The van der Waals surface area contributed by atoms with Crippen molar-refractivity contribution < 1.29 is 0 Å². The van der Waals surface area contributed by atoms with Crippen molar-refractivity contribution in [3.8, 4) is 0 Å². The van der Waals surface area contributed by atoms with Gasteiger partial charge in [0.1, 0.15) is 0 Å². The predicted octanol–water partition coefficient (Wildman–Crippen LogP) is 3.58. The number of thiophene rings is 1. The van der Waals surface area contributed by atoms with Gasteiger partial charge in [0.25, 0.3) is 0 Å². The largest absolute Gasteiger partial charge is 0.309 e. The van der Waals surface area contributed by atoms with Gasteiger partial charge in [-0.3, -0.25) is 0 Å². The minimum Gasteiger partial charge on any atom is -0.309 e. The van der Waals surface area contributed by atoms with E-state index in [1.54, 1.807) is 0 Å². The molecule has 2 fully saturated rings. The topological polar surface area (TPSA) is 15.3 Å². The zero-order chi connectivity index (χ0) is 13.4. The van der Waals surface area contributed by atoms with E-state index in [2.05, 4.69) is 43.2 Å². The minimum atomic E-state index is 0.510. The van der Waals surface area contributed by atoms with E-state index in [1.165, 1.54) is 42.0 Å². The average Bonchev–Trinajstić information content (AvgIpc) is 2.88. The van der Waals surface area contributed by atoms with E-state index < -0.39 is 0 Å². The smallest absolute Gasteiger partial charge is 0.0386 e. The van der Waals surface area contributed by atoms with Crippen molar-refractivity contribution in [2.75, 3.05) is 13.6 Å². The molecule has 0 radical (unpaired) electrons. The van der Waals surface area contributed by atoms with Crippen molar-refractivity contribution in [1.29, 1.82) is 0 Å². The molecular weight excluding hydrogens is 252 g/mol. The van der Waals surface area contributed by atoms with Crippen molar-refractivity contribution in [1.82, 2.24) is 10.2 Å². The van der Waals surface area contributed by atoms with Crippen LogP contribution in [0, 0.1) is 12.8 Å². The molecule has 2 saturated heterocycles. The first-order valence-electron chi connectivity index (χ1n) is 7.65. The minimum absolute atomic E-state index is 0.510. The number of rotatable bonds is 4. The summed E-state index contributed by atoms with van der Waals surface area (Å²) in [5.41, 5.74) is 0. The number of aryl methyl sites for hydroxylation is 1. The average molecular weight is 278 g/mol. The Kier molecular flexibility index (Phi) is 3.97. The van der Waals surface area contributed by atoms with Gasteiger partial charge in [-0.15, -0.1) is 11.3 Å². The molecule has 2 nitrogen and oxygen atoms in total. The van der Waals surface area contributed by atoms with E-state index in [0.717, 1.165) is 18.0 Å². The van der Waals surface area contributed by atoms with E-state index >= 15 is 0 Å². The van der Waals surface area contributed by atoms with E-state index in [9.17, 15) is 0 Å². The Hall–Kier alpha value is -0.380. The standard InChI is InChI=1S/C16H26N2S/c1-11-4-7-16(19-11)12(2)17-10-13-8-14-5-6-15(9-13)18(14)3/h4,7,12-15,17H,5-6,8-10H2,1-3H3. The molecule has 2 bridgehead atoms. The second-order valence-corrected chi connectivity index (χ2v) is 7.79. The second kappa shape index (κ2) is 5.55. The molecule has 3 heteroatoms. The van der Waals surface area contributed by atoms with Gasteiger partial charge in [0.15, 0.2) is 0 Å². The van der Waals surface area contributed by atoms with Crippen molar-refractivity contribution >= 4 is 11.3 Å². The quantitative estimate of drug-likeness (QED) is 0.905. The molecule has 19 heavy (non-hydrogen) atoms. The van der Waals surface area contributed by atoms with E-state index in [0.29, 0.717) is 6.04 Å². The van der Waals surface area contributed by atoms with E-state index in [-0.39, 0.29) is 0 Å². The van der Waals surface area contributed by atoms with Crippen LogP contribution < -0.4 is 5.32 Å². The number of hydrogen-bond donors (Lipinski definition) is 1. The zero-order valence-corrected chi connectivity index (χ0v) is 13.2. The Labute approximate surface area is 121 Å². The molecule has 3 atom stereocenters. The first-order chi connectivity index (χ1) is 9.13. The van der Waals surface area contributed by atoms with Crippen LogP contribution in [0.4, 0.5) is 0 Å². The molecule has 0 spiro atoms. The molecule has 0 amide bonds. The van der Waals surface area contributed by atoms with Gasteiger partial charge in [0.2, 0.25) is 0 Å². The fourth-order valence-corrected chi connectivity index (χ4v) is 4.73. The van der Waals surface area contributed by atoms with E-state index in [4.69, 9.17) is 0 Å². The normalized spacial score (nSPS) is 32.7. The summed E-state index contributed by atoms with van der Waals surface area (Å²) in [6.07, 6.45) is 5.65. The van der Waals surface area contributed by atoms with Gasteiger partial charge in [0.05, 0.1) is 0 Å². The zero-order valence-electron chi connectivity index (χ0n) is 12.4. The Morgan fingerprint density at radius 1 is 1.32 bits per heavy atom. The molecule has 0 saturated carbocycles. The van der Waals surface area contributed by atoms with Gasteiger partial charge >= 0.3 is 0 Å². The molecule has 2 aliphatic rings. The van der Waals surface area contributed by atoms with Crippen molar-refractivity contribution in [2.24, 2.45) is 5.92 Å². The summed E-state index contributed by atoms with van der Waals surface area (Å²) < 4.78 is 0. The van der Waals surface area contributed by atoms with Crippen LogP contribution in [0.3, 0.4) is 0 Å². The Balaban J connectivity index is 1.50. The van der Waals surface area contributed by atoms with Crippen molar-refractivity contribution in [3.63, 3.8) is 0 Å². The SMILES string of the molecule is Cc1ccc(C(C)NCC2CC3CCC(C2)N3C)s1. The molecule has 0 aliphatic carbocycles. The van der Waals surface area contributed by atoms with Crippen LogP contribution in [0.5, 0.6) is 0 Å². The molecule has 1 aromatic heterocycles. The molecule has 0 aromatic carbocycles. The number of piperidine rings is 1. The highest BCUT2D eigenvalue weighted by Crippen LogP contribution is 2.37. The van der Waals surface area contributed by atoms with Gasteiger partial charge in [0, 0.05) is 27.9 Å². The van der Waals surface area contributed by atoms with Crippen LogP contribution >= 0.6 is 11.3 Å². The molecule has 3 heterocycles. The van der Waals surface area contributed by atoms with Gasteiger partial charge < -0.3 is 10.2 Å². The first kappa shape index (κ1) is 13.6. The summed E-state index contributed by atoms with van der Waals surface area (Å²) in [5, 5.41) is 3.76. The van der Waals surface area contributed by atoms with Gasteiger partial charge in [-0.1, -0.05) is 0 Å². The molecular formula is C16H26N2S. The summed E-state index contributed by atoms with van der Waals surface area (Å²) in [5.74, 6) is 0.886. The van der Waals surface area contributed by atoms with Crippen molar-refractivity contribution in [2.45, 2.75) is 57.7 Å². The predicted molar refractivity (Wildman–Crippen MR) is 82.8 cm³/mol. The van der Waals surface area contributed by atoms with Crippen LogP contribution in [0.1, 0.15) is 48.4 Å². The number of nitrogens with zero attached hydrogens (tertiary/aromatic N) is 1. The summed E-state index contributed by atoms with van der Waals surface area (Å²) in [6.45, 7) is 5.68. The molecule has 3 unspecified atom stereocenters. The summed E-state index contributed by atoms with van der Waals surface area (Å²) >= 11 is 1.93. The van der Waals surface area contributed by atoms with Gasteiger partial charge in [-0.2, -0.15) is 0 Å². The highest BCUT2D eigenvalue weighted by atomic mass is 32.1.